The van der Waals surface area contributed by atoms with Gasteiger partial charge in [-0.3, -0.25) is 14.5 Å². The smallest absolute Gasteiger partial charge is 0.309 e. The first-order chi connectivity index (χ1) is 13.2. The Bertz CT molecular complexity index is 636. The molecule has 2 heterocycles. The Balaban J connectivity index is 1.45. The molecule has 0 saturated carbocycles. The van der Waals surface area contributed by atoms with Crippen molar-refractivity contribution in [1.29, 1.82) is 0 Å². The van der Waals surface area contributed by atoms with Gasteiger partial charge in [0.25, 0.3) is 0 Å². The van der Waals surface area contributed by atoms with Gasteiger partial charge >= 0.3 is 11.8 Å². The normalized spacial score (nSPS) is 19.2. The standard InChI is InChI=1S/C20H29N3O4/c24-19(21-9-8-16-5-2-1-3-6-16)20(25)22-15-17(18-7-4-12-27-18)23-10-13-26-14-11-23/h4-5,7,12,17H,1-3,6,8-11,13-15H2,(H,21,24)(H,22,25). The third-order valence-corrected chi connectivity index (χ3v) is 5.14. The second kappa shape index (κ2) is 10.3. The summed E-state index contributed by atoms with van der Waals surface area (Å²) in [6, 6.07) is 3.62. The molecule has 0 spiro atoms. The van der Waals surface area contributed by atoms with Crippen molar-refractivity contribution in [2.75, 3.05) is 39.4 Å². The average Bonchev–Trinajstić information content (AvgIpc) is 3.24. The van der Waals surface area contributed by atoms with Crippen molar-refractivity contribution >= 4 is 11.8 Å². The molecule has 1 aromatic rings. The van der Waals surface area contributed by atoms with Crippen LogP contribution in [0.15, 0.2) is 34.5 Å². The van der Waals surface area contributed by atoms with Crippen LogP contribution in [0.25, 0.3) is 0 Å². The largest absolute Gasteiger partial charge is 0.468 e. The number of nitrogens with one attached hydrogen (secondary N) is 2. The molecule has 1 unspecified atom stereocenters. The molecule has 1 saturated heterocycles. The minimum absolute atomic E-state index is 0.104. The van der Waals surface area contributed by atoms with Gasteiger partial charge in [0.1, 0.15) is 5.76 Å². The highest BCUT2D eigenvalue weighted by atomic mass is 16.5. The van der Waals surface area contributed by atoms with Crippen LogP contribution in [0.3, 0.4) is 0 Å². The van der Waals surface area contributed by atoms with Crippen LogP contribution in [0.2, 0.25) is 0 Å². The number of rotatable bonds is 7. The maximum atomic E-state index is 12.2. The first-order valence-electron chi connectivity index (χ1n) is 9.83. The van der Waals surface area contributed by atoms with Crippen LogP contribution in [0, 0.1) is 0 Å². The van der Waals surface area contributed by atoms with E-state index in [-0.39, 0.29) is 6.04 Å². The summed E-state index contributed by atoms with van der Waals surface area (Å²) in [5.41, 5.74) is 1.38. The molecule has 0 bridgehead atoms. The number of furan rings is 1. The van der Waals surface area contributed by atoms with Gasteiger partial charge in [-0.05, 0) is 44.2 Å². The quantitative estimate of drug-likeness (QED) is 0.561. The van der Waals surface area contributed by atoms with Gasteiger partial charge < -0.3 is 19.8 Å². The summed E-state index contributed by atoms with van der Waals surface area (Å²) < 4.78 is 10.9. The highest BCUT2D eigenvalue weighted by Crippen LogP contribution is 2.22. The van der Waals surface area contributed by atoms with Crippen molar-refractivity contribution < 1.29 is 18.7 Å². The molecule has 0 aromatic carbocycles. The first-order valence-corrected chi connectivity index (χ1v) is 9.83. The van der Waals surface area contributed by atoms with E-state index in [2.05, 4.69) is 21.6 Å². The van der Waals surface area contributed by atoms with E-state index >= 15 is 0 Å². The molecule has 1 aliphatic heterocycles. The zero-order valence-corrected chi connectivity index (χ0v) is 15.7. The lowest BCUT2D eigenvalue weighted by Crippen LogP contribution is -2.46. The van der Waals surface area contributed by atoms with Gasteiger partial charge in [-0.1, -0.05) is 11.6 Å². The summed E-state index contributed by atoms with van der Waals surface area (Å²) in [6.45, 7) is 3.67. The van der Waals surface area contributed by atoms with Gasteiger partial charge in [0, 0.05) is 26.2 Å². The van der Waals surface area contributed by atoms with Gasteiger partial charge in [0.05, 0.1) is 25.5 Å². The second-order valence-corrected chi connectivity index (χ2v) is 7.00. The SMILES string of the molecule is O=C(NCCC1=CCCCC1)C(=O)NCC(c1ccco1)N1CCOCC1. The number of ether oxygens (including phenoxy) is 1. The second-order valence-electron chi connectivity index (χ2n) is 7.00. The summed E-state index contributed by atoms with van der Waals surface area (Å²) in [4.78, 5) is 26.4. The van der Waals surface area contributed by atoms with E-state index in [0.29, 0.717) is 26.3 Å². The summed E-state index contributed by atoms with van der Waals surface area (Å²) in [6.07, 6.45) is 9.39. The van der Waals surface area contributed by atoms with Crippen LogP contribution in [0.1, 0.15) is 43.9 Å². The van der Waals surface area contributed by atoms with Crippen LogP contribution in [-0.4, -0.2) is 56.1 Å². The predicted molar refractivity (Wildman–Crippen MR) is 101 cm³/mol. The van der Waals surface area contributed by atoms with E-state index in [4.69, 9.17) is 9.15 Å². The lowest BCUT2D eigenvalue weighted by atomic mass is 9.97. The molecule has 2 amide bonds. The zero-order chi connectivity index (χ0) is 18.9. The molecule has 7 nitrogen and oxygen atoms in total. The Morgan fingerprint density at radius 1 is 1.15 bits per heavy atom. The zero-order valence-electron chi connectivity index (χ0n) is 15.7. The Morgan fingerprint density at radius 3 is 2.67 bits per heavy atom. The summed E-state index contributed by atoms with van der Waals surface area (Å²) >= 11 is 0. The van der Waals surface area contributed by atoms with Gasteiger partial charge in [-0.15, -0.1) is 0 Å². The molecule has 2 aliphatic rings. The van der Waals surface area contributed by atoms with Crippen molar-refractivity contribution in [2.45, 2.75) is 38.1 Å². The average molecular weight is 375 g/mol. The maximum Gasteiger partial charge on any atom is 0.309 e. The monoisotopic (exact) mass is 375 g/mol. The lowest BCUT2D eigenvalue weighted by Gasteiger charge is -2.33. The van der Waals surface area contributed by atoms with Crippen LogP contribution in [0.5, 0.6) is 0 Å². The third kappa shape index (κ3) is 5.94. The molecular formula is C20H29N3O4. The summed E-state index contributed by atoms with van der Waals surface area (Å²) in [5, 5.41) is 5.47. The molecule has 3 rings (SSSR count). The third-order valence-electron chi connectivity index (χ3n) is 5.14. The van der Waals surface area contributed by atoms with Gasteiger partial charge in [-0.25, -0.2) is 0 Å². The predicted octanol–water partition coefficient (Wildman–Crippen LogP) is 1.78. The minimum Gasteiger partial charge on any atom is -0.468 e. The molecule has 27 heavy (non-hydrogen) atoms. The van der Waals surface area contributed by atoms with E-state index in [1.807, 2.05) is 12.1 Å². The van der Waals surface area contributed by atoms with Crippen molar-refractivity contribution in [1.82, 2.24) is 15.5 Å². The fourth-order valence-electron chi connectivity index (χ4n) is 3.60. The topological polar surface area (TPSA) is 83.8 Å². The lowest BCUT2D eigenvalue weighted by molar-refractivity contribution is -0.139. The number of hydrogen-bond donors (Lipinski definition) is 2. The van der Waals surface area contributed by atoms with E-state index in [1.165, 1.54) is 18.4 Å². The molecule has 0 radical (unpaired) electrons. The van der Waals surface area contributed by atoms with Crippen LogP contribution in [-0.2, 0) is 14.3 Å². The summed E-state index contributed by atoms with van der Waals surface area (Å²) in [5.74, 6) is -0.397. The van der Waals surface area contributed by atoms with E-state index < -0.39 is 11.8 Å². The molecule has 1 fully saturated rings. The van der Waals surface area contributed by atoms with Crippen molar-refractivity contribution in [3.05, 3.63) is 35.8 Å². The molecule has 7 heteroatoms. The van der Waals surface area contributed by atoms with Gasteiger partial charge in [0.2, 0.25) is 0 Å². The fraction of sp³-hybridized carbons (Fsp3) is 0.600. The highest BCUT2D eigenvalue weighted by molar-refractivity contribution is 6.35. The molecule has 1 atom stereocenters. The van der Waals surface area contributed by atoms with E-state index in [1.54, 1.807) is 6.26 Å². The maximum absolute atomic E-state index is 12.2. The van der Waals surface area contributed by atoms with Crippen LogP contribution < -0.4 is 10.6 Å². The molecule has 1 aromatic heterocycles. The van der Waals surface area contributed by atoms with Crippen molar-refractivity contribution in [3.63, 3.8) is 0 Å². The molecule has 148 valence electrons. The van der Waals surface area contributed by atoms with Crippen molar-refractivity contribution in [3.8, 4) is 0 Å². The molecule has 1 aliphatic carbocycles. The van der Waals surface area contributed by atoms with E-state index in [0.717, 1.165) is 38.1 Å². The number of nitrogens with zero attached hydrogens (tertiary/aromatic N) is 1. The van der Waals surface area contributed by atoms with Gasteiger partial charge in [0.15, 0.2) is 0 Å². The van der Waals surface area contributed by atoms with Crippen LogP contribution >= 0.6 is 0 Å². The molecule has 2 N–H and O–H groups in total. The van der Waals surface area contributed by atoms with Crippen LogP contribution in [0.4, 0.5) is 0 Å². The number of allylic oxidation sites excluding steroid dienone is 1. The number of amides is 2. The Labute approximate surface area is 160 Å². The Kier molecular flexibility index (Phi) is 7.47. The van der Waals surface area contributed by atoms with E-state index in [9.17, 15) is 9.59 Å². The molecular weight excluding hydrogens is 346 g/mol. The number of hydrogen-bond acceptors (Lipinski definition) is 5. The summed E-state index contributed by atoms with van der Waals surface area (Å²) in [7, 11) is 0. The van der Waals surface area contributed by atoms with Crippen molar-refractivity contribution in [2.24, 2.45) is 0 Å². The number of carbonyl (C=O) groups excluding carboxylic acids is 2. The first kappa shape index (κ1) is 19.6. The number of carbonyl (C=O) groups is 2. The fourth-order valence-corrected chi connectivity index (χ4v) is 3.60. The van der Waals surface area contributed by atoms with Gasteiger partial charge in [-0.2, -0.15) is 0 Å². The number of morpholine rings is 1. The highest BCUT2D eigenvalue weighted by Gasteiger charge is 2.26. The Morgan fingerprint density at radius 2 is 1.96 bits per heavy atom. The Hall–Kier alpha value is -2.12. The minimum atomic E-state index is -0.600.